The van der Waals surface area contributed by atoms with Crippen molar-refractivity contribution < 1.29 is 9.84 Å². The SMILES string of the molecule is COc1c(CNC(C)C(C)CO)c(C)nn1C. The Morgan fingerprint density at radius 1 is 1.47 bits per heavy atom. The Hall–Kier alpha value is -1.07. The van der Waals surface area contributed by atoms with Crippen LogP contribution in [0.2, 0.25) is 0 Å². The molecule has 2 N–H and O–H groups in total. The van der Waals surface area contributed by atoms with E-state index >= 15 is 0 Å². The summed E-state index contributed by atoms with van der Waals surface area (Å²) in [6, 6.07) is 0.254. The van der Waals surface area contributed by atoms with Gasteiger partial charge in [0.05, 0.1) is 18.4 Å². The van der Waals surface area contributed by atoms with Crippen molar-refractivity contribution in [1.82, 2.24) is 15.1 Å². The zero-order chi connectivity index (χ0) is 13.0. The number of hydrogen-bond donors (Lipinski definition) is 2. The molecule has 1 aromatic rings. The zero-order valence-electron chi connectivity index (χ0n) is 11.3. The van der Waals surface area contributed by atoms with E-state index < -0.39 is 0 Å². The summed E-state index contributed by atoms with van der Waals surface area (Å²) in [6.07, 6.45) is 0. The van der Waals surface area contributed by atoms with Gasteiger partial charge < -0.3 is 15.2 Å². The van der Waals surface area contributed by atoms with Crippen LogP contribution in [0.5, 0.6) is 5.88 Å². The summed E-state index contributed by atoms with van der Waals surface area (Å²) in [4.78, 5) is 0. The average molecular weight is 241 g/mol. The lowest BCUT2D eigenvalue weighted by atomic mass is 10.0. The summed E-state index contributed by atoms with van der Waals surface area (Å²) in [5.41, 5.74) is 2.05. The lowest BCUT2D eigenvalue weighted by Gasteiger charge is -2.19. The summed E-state index contributed by atoms with van der Waals surface area (Å²) in [6.45, 7) is 6.95. The van der Waals surface area contributed by atoms with Gasteiger partial charge in [0, 0.05) is 26.2 Å². The molecule has 0 radical (unpaired) electrons. The molecule has 98 valence electrons. The van der Waals surface area contributed by atoms with E-state index in [1.54, 1.807) is 11.8 Å². The van der Waals surface area contributed by atoms with E-state index in [1.807, 2.05) is 20.9 Å². The Balaban J connectivity index is 2.69. The summed E-state index contributed by atoms with van der Waals surface area (Å²) >= 11 is 0. The van der Waals surface area contributed by atoms with Crippen LogP contribution in [0.15, 0.2) is 0 Å². The largest absolute Gasteiger partial charge is 0.481 e. The fourth-order valence-electron chi connectivity index (χ4n) is 1.76. The number of rotatable bonds is 6. The topological polar surface area (TPSA) is 59.3 Å². The van der Waals surface area contributed by atoms with Crippen LogP contribution in [-0.4, -0.2) is 34.6 Å². The van der Waals surface area contributed by atoms with Gasteiger partial charge in [-0.05, 0) is 19.8 Å². The first-order valence-corrected chi connectivity index (χ1v) is 5.92. The minimum absolute atomic E-state index is 0.192. The number of aliphatic hydroxyl groups is 1. The molecule has 0 aliphatic rings. The van der Waals surface area contributed by atoms with Crippen molar-refractivity contribution >= 4 is 0 Å². The van der Waals surface area contributed by atoms with Crippen LogP contribution in [0, 0.1) is 12.8 Å². The number of nitrogens with zero attached hydrogens (tertiary/aromatic N) is 2. The minimum atomic E-state index is 0.192. The predicted molar refractivity (Wildman–Crippen MR) is 67.0 cm³/mol. The first-order chi connectivity index (χ1) is 8.01. The van der Waals surface area contributed by atoms with Gasteiger partial charge in [0.15, 0.2) is 0 Å². The molecule has 0 amide bonds. The molecule has 0 saturated carbocycles. The Morgan fingerprint density at radius 3 is 2.65 bits per heavy atom. The molecule has 5 nitrogen and oxygen atoms in total. The van der Waals surface area contributed by atoms with Crippen LogP contribution >= 0.6 is 0 Å². The van der Waals surface area contributed by atoms with E-state index in [-0.39, 0.29) is 18.6 Å². The number of methoxy groups -OCH3 is 1. The lowest BCUT2D eigenvalue weighted by molar-refractivity contribution is 0.206. The normalized spacial score (nSPS) is 14.7. The van der Waals surface area contributed by atoms with Gasteiger partial charge in [0.2, 0.25) is 5.88 Å². The molecule has 0 spiro atoms. The first kappa shape index (κ1) is 14.0. The molecule has 0 aromatic carbocycles. The van der Waals surface area contributed by atoms with Crippen molar-refractivity contribution in [3.63, 3.8) is 0 Å². The zero-order valence-corrected chi connectivity index (χ0v) is 11.3. The Kier molecular flexibility index (Phi) is 4.96. The minimum Gasteiger partial charge on any atom is -0.481 e. The Morgan fingerprint density at radius 2 is 2.12 bits per heavy atom. The molecule has 17 heavy (non-hydrogen) atoms. The lowest BCUT2D eigenvalue weighted by Crippen LogP contribution is -2.33. The van der Waals surface area contributed by atoms with E-state index in [2.05, 4.69) is 17.3 Å². The number of aryl methyl sites for hydroxylation is 2. The highest BCUT2D eigenvalue weighted by molar-refractivity contribution is 5.30. The Bertz CT molecular complexity index is 363. The molecule has 0 bridgehead atoms. The predicted octanol–water partition coefficient (Wildman–Crippen LogP) is 0.844. The third-order valence-electron chi connectivity index (χ3n) is 3.22. The molecule has 1 aromatic heterocycles. The van der Waals surface area contributed by atoms with Crippen molar-refractivity contribution in [1.29, 1.82) is 0 Å². The van der Waals surface area contributed by atoms with Gasteiger partial charge in [0.25, 0.3) is 0 Å². The van der Waals surface area contributed by atoms with E-state index in [0.29, 0.717) is 6.54 Å². The highest BCUT2D eigenvalue weighted by Crippen LogP contribution is 2.20. The average Bonchev–Trinajstić information content (AvgIpc) is 2.58. The van der Waals surface area contributed by atoms with Crippen LogP contribution in [-0.2, 0) is 13.6 Å². The molecule has 5 heteroatoms. The quantitative estimate of drug-likeness (QED) is 0.775. The summed E-state index contributed by atoms with van der Waals surface area (Å²) < 4.78 is 7.07. The monoisotopic (exact) mass is 241 g/mol. The molecule has 0 aliphatic heterocycles. The summed E-state index contributed by atoms with van der Waals surface area (Å²) in [5.74, 6) is 1.02. The molecule has 2 atom stereocenters. The summed E-state index contributed by atoms with van der Waals surface area (Å²) in [5, 5.41) is 16.8. The van der Waals surface area contributed by atoms with Crippen LogP contribution in [0.1, 0.15) is 25.1 Å². The van der Waals surface area contributed by atoms with Crippen molar-refractivity contribution in [2.75, 3.05) is 13.7 Å². The third-order valence-corrected chi connectivity index (χ3v) is 3.22. The van der Waals surface area contributed by atoms with Gasteiger partial charge in [-0.1, -0.05) is 6.92 Å². The molecule has 0 aliphatic carbocycles. The summed E-state index contributed by atoms with van der Waals surface area (Å²) in [7, 11) is 3.52. The van der Waals surface area contributed by atoms with Crippen molar-refractivity contribution in [3.05, 3.63) is 11.3 Å². The van der Waals surface area contributed by atoms with Crippen molar-refractivity contribution in [2.24, 2.45) is 13.0 Å². The second kappa shape index (κ2) is 6.02. The van der Waals surface area contributed by atoms with Crippen LogP contribution in [0.4, 0.5) is 0 Å². The number of ether oxygens (including phenoxy) is 1. The number of nitrogens with one attached hydrogen (secondary N) is 1. The first-order valence-electron chi connectivity index (χ1n) is 5.92. The van der Waals surface area contributed by atoms with E-state index in [4.69, 9.17) is 9.84 Å². The van der Waals surface area contributed by atoms with Crippen LogP contribution in [0.3, 0.4) is 0 Å². The van der Waals surface area contributed by atoms with Crippen molar-refractivity contribution in [2.45, 2.75) is 33.4 Å². The highest BCUT2D eigenvalue weighted by atomic mass is 16.5. The fraction of sp³-hybridized carbons (Fsp3) is 0.750. The smallest absolute Gasteiger partial charge is 0.216 e. The van der Waals surface area contributed by atoms with Gasteiger partial charge in [0.1, 0.15) is 0 Å². The second-order valence-electron chi connectivity index (χ2n) is 4.53. The number of aromatic nitrogens is 2. The second-order valence-corrected chi connectivity index (χ2v) is 4.53. The maximum Gasteiger partial charge on any atom is 0.216 e. The maximum absolute atomic E-state index is 9.08. The molecule has 2 unspecified atom stereocenters. The standard InChI is InChI=1S/C12H23N3O2/c1-8(7-16)9(2)13-6-11-10(3)14-15(4)12(11)17-5/h8-9,13,16H,6-7H2,1-5H3. The van der Waals surface area contributed by atoms with Crippen molar-refractivity contribution in [3.8, 4) is 5.88 Å². The molecule has 0 fully saturated rings. The molecule has 1 heterocycles. The van der Waals surface area contributed by atoms with Crippen LogP contribution in [0.25, 0.3) is 0 Å². The number of aliphatic hydroxyl groups excluding tert-OH is 1. The number of hydrogen-bond acceptors (Lipinski definition) is 4. The molecular weight excluding hydrogens is 218 g/mol. The van der Waals surface area contributed by atoms with Gasteiger partial charge in [-0.2, -0.15) is 5.10 Å². The highest BCUT2D eigenvalue weighted by Gasteiger charge is 2.16. The maximum atomic E-state index is 9.08. The van der Waals surface area contributed by atoms with Gasteiger partial charge in [-0.15, -0.1) is 0 Å². The van der Waals surface area contributed by atoms with Gasteiger partial charge in [-0.25, -0.2) is 4.68 Å². The van der Waals surface area contributed by atoms with Gasteiger partial charge in [-0.3, -0.25) is 0 Å². The molecular formula is C12H23N3O2. The third kappa shape index (κ3) is 3.20. The Labute approximate surface area is 103 Å². The van der Waals surface area contributed by atoms with E-state index in [9.17, 15) is 0 Å². The van der Waals surface area contributed by atoms with E-state index in [0.717, 1.165) is 17.1 Å². The fourth-order valence-corrected chi connectivity index (χ4v) is 1.76. The van der Waals surface area contributed by atoms with Gasteiger partial charge >= 0.3 is 0 Å². The van der Waals surface area contributed by atoms with Crippen LogP contribution < -0.4 is 10.1 Å². The van der Waals surface area contributed by atoms with E-state index in [1.165, 1.54) is 0 Å². The molecule has 0 saturated heterocycles. The molecule has 1 rings (SSSR count).